The summed E-state index contributed by atoms with van der Waals surface area (Å²) >= 11 is 0. The largest absolute Gasteiger partial charge is 0.497 e. The molecule has 0 saturated heterocycles. The maximum Gasteiger partial charge on any atom is 0.228 e. The van der Waals surface area contributed by atoms with E-state index in [0.29, 0.717) is 5.76 Å². The molecule has 0 fully saturated rings. The first-order chi connectivity index (χ1) is 12.0. The number of carbonyl (C=O) groups excluding carboxylic acids is 1. The van der Waals surface area contributed by atoms with Gasteiger partial charge in [0.25, 0.3) is 0 Å². The van der Waals surface area contributed by atoms with E-state index >= 15 is 0 Å². The highest BCUT2D eigenvalue weighted by Gasteiger charge is 2.14. The van der Waals surface area contributed by atoms with E-state index in [0.717, 1.165) is 22.7 Å². The molecule has 1 unspecified atom stereocenters. The lowest BCUT2D eigenvalue weighted by Crippen LogP contribution is -2.27. The molecule has 0 spiro atoms. The SMILES string of the molecule is COc1cccc(-n2cc(C(C)NC(=O)Cc3cc(C)no3)cn2)c1. The Morgan fingerprint density at radius 2 is 2.24 bits per heavy atom. The molecule has 7 nitrogen and oxygen atoms in total. The van der Waals surface area contributed by atoms with Gasteiger partial charge in [0.2, 0.25) is 5.91 Å². The van der Waals surface area contributed by atoms with Crippen molar-refractivity contribution in [1.82, 2.24) is 20.3 Å². The number of hydrogen-bond donors (Lipinski definition) is 1. The van der Waals surface area contributed by atoms with Crippen molar-refractivity contribution in [3.8, 4) is 11.4 Å². The van der Waals surface area contributed by atoms with E-state index in [1.807, 2.05) is 44.3 Å². The van der Waals surface area contributed by atoms with Gasteiger partial charge in [0.15, 0.2) is 0 Å². The van der Waals surface area contributed by atoms with Gasteiger partial charge in [0, 0.05) is 23.9 Å². The summed E-state index contributed by atoms with van der Waals surface area (Å²) in [7, 11) is 1.63. The van der Waals surface area contributed by atoms with Gasteiger partial charge in [-0.05, 0) is 26.0 Å². The Balaban J connectivity index is 1.65. The van der Waals surface area contributed by atoms with Crippen LogP contribution >= 0.6 is 0 Å². The maximum atomic E-state index is 12.1. The topological polar surface area (TPSA) is 82.2 Å². The van der Waals surface area contributed by atoms with Gasteiger partial charge < -0.3 is 14.6 Å². The van der Waals surface area contributed by atoms with Crippen molar-refractivity contribution in [3.63, 3.8) is 0 Å². The molecule has 7 heteroatoms. The van der Waals surface area contributed by atoms with E-state index in [1.165, 1.54) is 0 Å². The number of benzene rings is 1. The molecule has 2 aromatic heterocycles. The van der Waals surface area contributed by atoms with Gasteiger partial charge in [-0.3, -0.25) is 4.79 Å². The van der Waals surface area contributed by atoms with Gasteiger partial charge in [-0.25, -0.2) is 4.68 Å². The number of ether oxygens (including phenoxy) is 1. The molecule has 1 N–H and O–H groups in total. The number of aryl methyl sites for hydroxylation is 1. The van der Waals surface area contributed by atoms with Crippen molar-refractivity contribution in [2.24, 2.45) is 0 Å². The van der Waals surface area contributed by atoms with Crippen LogP contribution in [0, 0.1) is 6.92 Å². The maximum absolute atomic E-state index is 12.1. The van der Waals surface area contributed by atoms with Crippen LogP contribution in [-0.4, -0.2) is 28.0 Å². The molecular weight excluding hydrogens is 320 g/mol. The van der Waals surface area contributed by atoms with Crippen LogP contribution in [0.15, 0.2) is 47.2 Å². The van der Waals surface area contributed by atoms with E-state index in [-0.39, 0.29) is 18.4 Å². The molecule has 0 aliphatic carbocycles. The molecule has 0 saturated carbocycles. The van der Waals surface area contributed by atoms with E-state index in [2.05, 4.69) is 15.6 Å². The van der Waals surface area contributed by atoms with E-state index in [9.17, 15) is 4.79 Å². The number of hydrogen-bond acceptors (Lipinski definition) is 5. The van der Waals surface area contributed by atoms with Crippen LogP contribution in [0.4, 0.5) is 0 Å². The minimum absolute atomic E-state index is 0.127. The Morgan fingerprint density at radius 1 is 1.40 bits per heavy atom. The summed E-state index contributed by atoms with van der Waals surface area (Å²) in [5.74, 6) is 1.19. The van der Waals surface area contributed by atoms with Gasteiger partial charge in [-0.1, -0.05) is 11.2 Å². The van der Waals surface area contributed by atoms with Crippen molar-refractivity contribution in [2.75, 3.05) is 7.11 Å². The molecule has 1 amide bonds. The van der Waals surface area contributed by atoms with Crippen LogP contribution in [0.25, 0.3) is 5.69 Å². The lowest BCUT2D eigenvalue weighted by molar-refractivity contribution is -0.121. The summed E-state index contributed by atoms with van der Waals surface area (Å²) in [6.45, 7) is 3.73. The molecule has 1 atom stereocenters. The van der Waals surface area contributed by atoms with Crippen LogP contribution in [0.2, 0.25) is 0 Å². The Labute approximate surface area is 145 Å². The van der Waals surface area contributed by atoms with Crippen LogP contribution < -0.4 is 10.1 Å². The summed E-state index contributed by atoms with van der Waals surface area (Å²) in [6, 6.07) is 9.20. The Morgan fingerprint density at radius 3 is 2.96 bits per heavy atom. The van der Waals surface area contributed by atoms with E-state index < -0.39 is 0 Å². The summed E-state index contributed by atoms with van der Waals surface area (Å²) in [6.07, 6.45) is 3.79. The van der Waals surface area contributed by atoms with E-state index in [4.69, 9.17) is 9.26 Å². The quantitative estimate of drug-likeness (QED) is 0.746. The zero-order chi connectivity index (χ0) is 17.8. The first-order valence-corrected chi connectivity index (χ1v) is 7.95. The number of nitrogens with one attached hydrogen (secondary N) is 1. The molecule has 0 bridgehead atoms. The number of amides is 1. The average molecular weight is 340 g/mol. The Bertz CT molecular complexity index is 869. The molecule has 2 heterocycles. The predicted octanol–water partition coefficient (Wildman–Crippen LogP) is 2.60. The second kappa shape index (κ2) is 7.21. The Hall–Kier alpha value is -3.09. The van der Waals surface area contributed by atoms with Crippen LogP contribution in [0.5, 0.6) is 5.75 Å². The van der Waals surface area contributed by atoms with Crippen molar-refractivity contribution in [2.45, 2.75) is 26.3 Å². The molecule has 25 heavy (non-hydrogen) atoms. The minimum Gasteiger partial charge on any atom is -0.497 e. The lowest BCUT2D eigenvalue weighted by Gasteiger charge is -2.11. The van der Waals surface area contributed by atoms with Crippen molar-refractivity contribution >= 4 is 5.91 Å². The van der Waals surface area contributed by atoms with Crippen LogP contribution in [0.1, 0.15) is 30.0 Å². The molecule has 0 aliphatic heterocycles. The summed E-state index contributed by atoms with van der Waals surface area (Å²) in [4.78, 5) is 12.1. The summed E-state index contributed by atoms with van der Waals surface area (Å²) in [5, 5.41) is 11.1. The third-order valence-corrected chi connectivity index (χ3v) is 3.81. The number of carbonyl (C=O) groups is 1. The lowest BCUT2D eigenvalue weighted by atomic mass is 10.2. The number of rotatable bonds is 6. The molecule has 1 aromatic carbocycles. The highest BCUT2D eigenvalue weighted by molar-refractivity contribution is 5.78. The molecular formula is C18H20N4O3. The standard InChI is InChI=1S/C18H20N4O3/c1-12-7-17(25-21-12)9-18(23)20-13(2)14-10-19-22(11-14)15-5-4-6-16(8-15)24-3/h4-8,10-11,13H,9H2,1-3H3,(H,20,23). The molecule has 0 aliphatic rings. The van der Waals surface area contributed by atoms with Gasteiger partial charge >= 0.3 is 0 Å². The first-order valence-electron chi connectivity index (χ1n) is 7.95. The highest BCUT2D eigenvalue weighted by atomic mass is 16.5. The second-order valence-corrected chi connectivity index (χ2v) is 5.82. The molecule has 3 aromatic rings. The van der Waals surface area contributed by atoms with E-state index in [1.54, 1.807) is 24.1 Å². The fraction of sp³-hybridized carbons (Fsp3) is 0.278. The predicted molar refractivity (Wildman–Crippen MR) is 91.6 cm³/mol. The zero-order valence-electron chi connectivity index (χ0n) is 14.4. The Kier molecular flexibility index (Phi) is 4.83. The highest BCUT2D eigenvalue weighted by Crippen LogP contribution is 2.18. The second-order valence-electron chi connectivity index (χ2n) is 5.82. The average Bonchev–Trinajstić information content (AvgIpc) is 3.24. The van der Waals surface area contributed by atoms with Crippen molar-refractivity contribution in [3.05, 3.63) is 59.7 Å². The van der Waals surface area contributed by atoms with Gasteiger partial charge in [0.1, 0.15) is 11.5 Å². The van der Waals surface area contributed by atoms with Gasteiger partial charge in [0.05, 0.1) is 37.2 Å². The number of methoxy groups -OCH3 is 1. The molecule has 3 rings (SSSR count). The minimum atomic E-state index is -0.170. The third-order valence-electron chi connectivity index (χ3n) is 3.81. The fourth-order valence-corrected chi connectivity index (χ4v) is 2.49. The van der Waals surface area contributed by atoms with Gasteiger partial charge in [-0.2, -0.15) is 5.10 Å². The summed E-state index contributed by atoms with van der Waals surface area (Å²) < 4.78 is 12.0. The normalized spacial score (nSPS) is 12.0. The van der Waals surface area contributed by atoms with Crippen LogP contribution in [0.3, 0.4) is 0 Å². The third kappa shape index (κ3) is 4.06. The van der Waals surface area contributed by atoms with Crippen molar-refractivity contribution in [1.29, 1.82) is 0 Å². The monoisotopic (exact) mass is 340 g/mol. The van der Waals surface area contributed by atoms with Gasteiger partial charge in [-0.15, -0.1) is 0 Å². The zero-order valence-corrected chi connectivity index (χ0v) is 14.4. The first kappa shape index (κ1) is 16.8. The number of aromatic nitrogens is 3. The smallest absolute Gasteiger partial charge is 0.228 e. The fourth-order valence-electron chi connectivity index (χ4n) is 2.49. The molecule has 130 valence electrons. The summed E-state index contributed by atoms with van der Waals surface area (Å²) in [5.41, 5.74) is 2.56. The van der Waals surface area contributed by atoms with Crippen LogP contribution in [-0.2, 0) is 11.2 Å². The number of nitrogens with zero attached hydrogens (tertiary/aromatic N) is 3. The van der Waals surface area contributed by atoms with Crippen molar-refractivity contribution < 1.29 is 14.1 Å². The molecule has 0 radical (unpaired) electrons.